The Hall–Kier alpha value is -0.970. The van der Waals surface area contributed by atoms with E-state index in [1.165, 1.54) is 5.56 Å². The van der Waals surface area contributed by atoms with Crippen LogP contribution in [0.15, 0.2) is 24.5 Å². The Balaban J connectivity index is 2.15. The molecule has 0 spiro atoms. The van der Waals surface area contributed by atoms with Gasteiger partial charge in [-0.2, -0.15) is 0 Å². The molecule has 4 nitrogen and oxygen atoms in total. The molecule has 4 heteroatoms. The van der Waals surface area contributed by atoms with Gasteiger partial charge in [-0.15, -0.1) is 0 Å². The topological polar surface area (TPSA) is 39.6 Å². The zero-order valence-corrected chi connectivity index (χ0v) is 12.2. The number of hydrogen-bond acceptors (Lipinski definition) is 4. The number of aromatic nitrogens is 1. The molecule has 1 N–H and O–H groups in total. The number of pyridine rings is 1. The molecule has 1 fully saturated rings. The molecule has 0 saturated carbocycles. The van der Waals surface area contributed by atoms with E-state index in [2.05, 4.69) is 41.7 Å². The summed E-state index contributed by atoms with van der Waals surface area (Å²) >= 11 is 0. The van der Waals surface area contributed by atoms with Crippen LogP contribution in [0.1, 0.15) is 25.8 Å². The smallest absolute Gasteiger partial charge is 0.0599 e. The second-order valence-electron chi connectivity index (χ2n) is 6.12. The molecule has 0 amide bonds. The van der Waals surface area contributed by atoms with Crippen molar-refractivity contribution in [2.24, 2.45) is 0 Å². The first kappa shape index (κ1) is 14.4. The number of hydrogen-bond donors (Lipinski definition) is 1. The Labute approximate surface area is 116 Å². The van der Waals surface area contributed by atoms with Gasteiger partial charge in [0.05, 0.1) is 6.61 Å². The van der Waals surface area contributed by atoms with Crippen molar-refractivity contribution in [3.05, 3.63) is 30.1 Å². The zero-order valence-electron chi connectivity index (χ0n) is 12.2. The van der Waals surface area contributed by atoms with Crippen molar-refractivity contribution in [3.8, 4) is 0 Å². The molecule has 1 atom stereocenters. The summed E-state index contributed by atoms with van der Waals surface area (Å²) in [6, 6.07) is 4.32. The van der Waals surface area contributed by atoms with E-state index in [1.807, 2.05) is 12.3 Å². The Morgan fingerprint density at radius 2 is 2.26 bits per heavy atom. The standard InChI is InChI=1S/C15H25N3O/c1-15(2)6-8-17(3)14(12-19)11-18(15)10-13-5-4-7-16-9-13/h4-5,7,9,14,19H,6,8,10-12H2,1-3H3. The van der Waals surface area contributed by atoms with Crippen LogP contribution in [-0.4, -0.2) is 58.2 Å². The first-order valence-electron chi connectivity index (χ1n) is 6.98. The Bertz CT molecular complexity index is 394. The van der Waals surface area contributed by atoms with Crippen LogP contribution < -0.4 is 0 Å². The molecule has 1 unspecified atom stereocenters. The molecule has 19 heavy (non-hydrogen) atoms. The number of likely N-dealkylation sites (N-methyl/N-ethyl adjacent to an activating group) is 1. The molecule has 1 aromatic rings. The van der Waals surface area contributed by atoms with Crippen LogP contribution in [-0.2, 0) is 6.54 Å². The summed E-state index contributed by atoms with van der Waals surface area (Å²) in [5, 5.41) is 9.56. The van der Waals surface area contributed by atoms with Crippen molar-refractivity contribution >= 4 is 0 Å². The third-order valence-corrected chi connectivity index (χ3v) is 4.29. The van der Waals surface area contributed by atoms with Crippen LogP contribution in [0, 0.1) is 0 Å². The maximum atomic E-state index is 9.56. The summed E-state index contributed by atoms with van der Waals surface area (Å²) in [5.74, 6) is 0. The lowest BCUT2D eigenvalue weighted by atomic mass is 9.98. The van der Waals surface area contributed by atoms with Gasteiger partial charge in [0, 0.05) is 43.6 Å². The summed E-state index contributed by atoms with van der Waals surface area (Å²) in [5.41, 5.74) is 1.38. The van der Waals surface area contributed by atoms with Gasteiger partial charge in [-0.05, 0) is 38.9 Å². The monoisotopic (exact) mass is 263 g/mol. The molecule has 1 aromatic heterocycles. The van der Waals surface area contributed by atoms with Gasteiger partial charge in [0.15, 0.2) is 0 Å². The van der Waals surface area contributed by atoms with Crippen LogP contribution in [0.2, 0.25) is 0 Å². The zero-order chi connectivity index (χ0) is 13.9. The van der Waals surface area contributed by atoms with Crippen molar-refractivity contribution in [1.82, 2.24) is 14.8 Å². The van der Waals surface area contributed by atoms with Crippen molar-refractivity contribution < 1.29 is 5.11 Å². The first-order chi connectivity index (χ1) is 9.03. The summed E-state index contributed by atoms with van der Waals surface area (Å²) in [4.78, 5) is 8.92. The molecule has 2 heterocycles. The lowest BCUT2D eigenvalue weighted by Gasteiger charge is -2.37. The lowest BCUT2D eigenvalue weighted by molar-refractivity contribution is 0.0866. The van der Waals surface area contributed by atoms with Gasteiger partial charge in [-0.3, -0.25) is 14.8 Å². The van der Waals surface area contributed by atoms with Crippen molar-refractivity contribution in [2.45, 2.75) is 38.4 Å². The van der Waals surface area contributed by atoms with Gasteiger partial charge in [-0.25, -0.2) is 0 Å². The minimum absolute atomic E-state index is 0.147. The van der Waals surface area contributed by atoms with Crippen molar-refractivity contribution in [3.63, 3.8) is 0 Å². The fourth-order valence-corrected chi connectivity index (χ4v) is 2.62. The van der Waals surface area contributed by atoms with E-state index in [4.69, 9.17) is 0 Å². The fraction of sp³-hybridized carbons (Fsp3) is 0.667. The second-order valence-corrected chi connectivity index (χ2v) is 6.12. The lowest BCUT2D eigenvalue weighted by Crippen LogP contribution is -2.47. The molecule has 1 aliphatic rings. The maximum Gasteiger partial charge on any atom is 0.0599 e. The third-order valence-electron chi connectivity index (χ3n) is 4.29. The maximum absolute atomic E-state index is 9.56. The highest BCUT2D eigenvalue weighted by atomic mass is 16.3. The summed E-state index contributed by atoms with van der Waals surface area (Å²) < 4.78 is 0. The Morgan fingerprint density at radius 1 is 1.47 bits per heavy atom. The summed E-state index contributed by atoms with van der Waals surface area (Å²) in [7, 11) is 2.10. The van der Waals surface area contributed by atoms with Crippen LogP contribution in [0.3, 0.4) is 0 Å². The van der Waals surface area contributed by atoms with Crippen molar-refractivity contribution in [2.75, 3.05) is 26.7 Å². The van der Waals surface area contributed by atoms with Crippen LogP contribution in [0.5, 0.6) is 0 Å². The van der Waals surface area contributed by atoms with Gasteiger partial charge in [0.1, 0.15) is 0 Å². The largest absolute Gasteiger partial charge is 0.395 e. The van der Waals surface area contributed by atoms with E-state index < -0.39 is 0 Å². The molecule has 0 aliphatic carbocycles. The molecular formula is C15H25N3O. The van der Waals surface area contributed by atoms with Gasteiger partial charge >= 0.3 is 0 Å². The van der Waals surface area contributed by atoms with E-state index in [0.29, 0.717) is 0 Å². The molecule has 1 saturated heterocycles. The molecule has 106 valence electrons. The van der Waals surface area contributed by atoms with E-state index >= 15 is 0 Å². The van der Waals surface area contributed by atoms with Crippen molar-refractivity contribution in [1.29, 1.82) is 0 Å². The van der Waals surface area contributed by atoms with Gasteiger partial charge in [0.25, 0.3) is 0 Å². The average molecular weight is 263 g/mol. The molecular weight excluding hydrogens is 238 g/mol. The molecule has 0 bridgehead atoms. The molecule has 2 rings (SSSR count). The highest BCUT2D eigenvalue weighted by molar-refractivity contribution is 5.09. The van der Waals surface area contributed by atoms with Gasteiger partial charge in [-0.1, -0.05) is 6.07 Å². The summed E-state index contributed by atoms with van der Waals surface area (Å²) in [6.45, 7) is 7.62. The highest BCUT2D eigenvalue weighted by Gasteiger charge is 2.33. The second kappa shape index (κ2) is 5.99. The number of rotatable bonds is 3. The predicted octanol–water partition coefficient (Wildman–Crippen LogP) is 1.36. The highest BCUT2D eigenvalue weighted by Crippen LogP contribution is 2.26. The van der Waals surface area contributed by atoms with E-state index in [-0.39, 0.29) is 18.2 Å². The predicted molar refractivity (Wildman–Crippen MR) is 76.8 cm³/mol. The quantitative estimate of drug-likeness (QED) is 0.894. The first-order valence-corrected chi connectivity index (χ1v) is 6.98. The van der Waals surface area contributed by atoms with Gasteiger partial charge in [0.2, 0.25) is 0 Å². The normalized spacial score (nSPS) is 25.2. The van der Waals surface area contributed by atoms with E-state index in [9.17, 15) is 5.11 Å². The molecule has 0 radical (unpaired) electrons. The van der Waals surface area contributed by atoms with Crippen LogP contribution in [0.4, 0.5) is 0 Å². The van der Waals surface area contributed by atoms with Gasteiger partial charge < -0.3 is 5.11 Å². The average Bonchev–Trinajstić information content (AvgIpc) is 2.51. The van der Waals surface area contributed by atoms with E-state index in [0.717, 1.165) is 26.1 Å². The number of nitrogens with zero attached hydrogens (tertiary/aromatic N) is 3. The minimum atomic E-state index is 0.147. The van der Waals surface area contributed by atoms with E-state index in [1.54, 1.807) is 6.20 Å². The Morgan fingerprint density at radius 3 is 2.89 bits per heavy atom. The summed E-state index contributed by atoms with van der Waals surface area (Å²) in [6.07, 6.45) is 4.85. The molecule has 0 aromatic carbocycles. The van der Waals surface area contributed by atoms with Crippen LogP contribution in [0.25, 0.3) is 0 Å². The third kappa shape index (κ3) is 3.53. The van der Waals surface area contributed by atoms with Crippen LogP contribution >= 0.6 is 0 Å². The fourth-order valence-electron chi connectivity index (χ4n) is 2.62. The number of aliphatic hydroxyl groups is 1. The SMILES string of the molecule is CN1CCC(C)(C)N(Cc2cccnc2)CC1CO. The minimum Gasteiger partial charge on any atom is -0.395 e. The number of aliphatic hydroxyl groups excluding tert-OH is 1. The molecule has 1 aliphatic heterocycles. The Kier molecular flexibility index (Phi) is 4.55.